The fraction of sp³-hybridized carbons (Fsp3) is 0.294. The highest BCUT2D eigenvalue weighted by atomic mass is 16.4. The minimum Gasteiger partial charge on any atom is -0.481 e. The third-order valence-corrected chi connectivity index (χ3v) is 3.52. The molecule has 2 N–H and O–H groups in total. The van der Waals surface area contributed by atoms with Gasteiger partial charge in [-0.3, -0.25) is 9.59 Å². The molecule has 2 aromatic rings. The van der Waals surface area contributed by atoms with Crippen LogP contribution < -0.4 is 5.32 Å². The Morgan fingerprint density at radius 1 is 1.26 bits per heavy atom. The molecule has 0 radical (unpaired) electrons. The number of hydrogen-bond acceptors (Lipinski definition) is 4. The van der Waals surface area contributed by atoms with Crippen molar-refractivity contribution in [1.29, 1.82) is 0 Å². The van der Waals surface area contributed by atoms with Gasteiger partial charge in [-0.25, -0.2) is 9.97 Å². The Morgan fingerprint density at radius 2 is 2.00 bits per heavy atom. The van der Waals surface area contributed by atoms with E-state index in [4.69, 9.17) is 5.11 Å². The smallest absolute Gasteiger partial charge is 0.303 e. The van der Waals surface area contributed by atoms with E-state index in [-0.39, 0.29) is 18.4 Å². The summed E-state index contributed by atoms with van der Waals surface area (Å²) in [6, 6.07) is 9.40. The molecular formula is C17H19N3O3. The first-order valence-electron chi connectivity index (χ1n) is 7.39. The van der Waals surface area contributed by atoms with E-state index in [1.165, 1.54) is 12.5 Å². The van der Waals surface area contributed by atoms with Crippen molar-refractivity contribution in [3.63, 3.8) is 0 Å². The van der Waals surface area contributed by atoms with E-state index in [0.29, 0.717) is 24.1 Å². The Labute approximate surface area is 134 Å². The predicted octanol–water partition coefficient (Wildman–Crippen LogP) is 1.99. The summed E-state index contributed by atoms with van der Waals surface area (Å²) in [6.45, 7) is 1.74. The predicted molar refractivity (Wildman–Crippen MR) is 85.0 cm³/mol. The highest BCUT2D eigenvalue weighted by Gasteiger charge is 2.17. The van der Waals surface area contributed by atoms with Gasteiger partial charge in [-0.1, -0.05) is 30.3 Å². The third kappa shape index (κ3) is 5.18. The highest BCUT2D eigenvalue weighted by Crippen LogP contribution is 2.10. The summed E-state index contributed by atoms with van der Waals surface area (Å²) < 4.78 is 0. The first-order chi connectivity index (χ1) is 11.1. The van der Waals surface area contributed by atoms with Crippen LogP contribution in [0.4, 0.5) is 0 Å². The molecule has 1 heterocycles. The van der Waals surface area contributed by atoms with Crippen molar-refractivity contribution in [3.05, 3.63) is 59.7 Å². The van der Waals surface area contributed by atoms with Gasteiger partial charge in [-0.05, 0) is 25.3 Å². The standard InChI is InChI=1S/C17H19N3O3/c1-12-15(10-18-11-19-12)17(23)20-14(7-8-16(21)22)9-13-5-3-2-4-6-13/h2-6,10-11,14H,7-9H2,1H3,(H,20,23)(H,21,22). The van der Waals surface area contributed by atoms with Crippen LogP contribution in [0.15, 0.2) is 42.9 Å². The Balaban J connectivity index is 2.08. The first-order valence-corrected chi connectivity index (χ1v) is 7.39. The molecule has 0 spiro atoms. The van der Waals surface area contributed by atoms with Crippen LogP contribution in [0.3, 0.4) is 0 Å². The second-order valence-electron chi connectivity index (χ2n) is 5.31. The maximum atomic E-state index is 12.4. The largest absolute Gasteiger partial charge is 0.481 e. The van der Waals surface area contributed by atoms with Crippen LogP contribution in [0.2, 0.25) is 0 Å². The van der Waals surface area contributed by atoms with Crippen LogP contribution in [0.25, 0.3) is 0 Å². The number of carbonyl (C=O) groups is 2. The number of hydrogen-bond donors (Lipinski definition) is 2. The minimum absolute atomic E-state index is 0.00204. The van der Waals surface area contributed by atoms with E-state index in [1.54, 1.807) is 6.92 Å². The van der Waals surface area contributed by atoms with Gasteiger partial charge in [0.15, 0.2) is 0 Å². The number of rotatable bonds is 7. The van der Waals surface area contributed by atoms with Crippen molar-refractivity contribution < 1.29 is 14.7 Å². The molecule has 0 saturated carbocycles. The van der Waals surface area contributed by atoms with Crippen molar-refractivity contribution in [2.24, 2.45) is 0 Å². The van der Waals surface area contributed by atoms with Gasteiger partial charge in [0.1, 0.15) is 6.33 Å². The summed E-state index contributed by atoms with van der Waals surface area (Å²) in [5.41, 5.74) is 2.04. The summed E-state index contributed by atoms with van der Waals surface area (Å²) in [6.07, 6.45) is 3.80. The third-order valence-electron chi connectivity index (χ3n) is 3.52. The number of aryl methyl sites for hydroxylation is 1. The van der Waals surface area contributed by atoms with Crippen LogP contribution in [0.5, 0.6) is 0 Å². The van der Waals surface area contributed by atoms with Gasteiger partial charge in [-0.2, -0.15) is 0 Å². The molecule has 1 atom stereocenters. The van der Waals surface area contributed by atoms with Crippen LogP contribution in [0, 0.1) is 6.92 Å². The molecule has 0 aliphatic heterocycles. The number of carboxylic acid groups (broad SMARTS) is 1. The zero-order valence-corrected chi connectivity index (χ0v) is 12.9. The molecule has 1 unspecified atom stereocenters. The van der Waals surface area contributed by atoms with Crippen LogP contribution in [-0.4, -0.2) is 33.0 Å². The van der Waals surface area contributed by atoms with E-state index >= 15 is 0 Å². The molecule has 0 fully saturated rings. The lowest BCUT2D eigenvalue weighted by Crippen LogP contribution is -2.37. The lowest BCUT2D eigenvalue weighted by atomic mass is 10.0. The average molecular weight is 313 g/mol. The van der Waals surface area contributed by atoms with Gasteiger partial charge in [-0.15, -0.1) is 0 Å². The quantitative estimate of drug-likeness (QED) is 0.815. The Kier molecular flexibility index (Phi) is 5.80. The Hall–Kier alpha value is -2.76. The Bertz CT molecular complexity index is 674. The molecule has 0 saturated heterocycles. The number of carbonyl (C=O) groups excluding carboxylic acids is 1. The summed E-state index contributed by atoms with van der Waals surface area (Å²) in [5.74, 6) is -1.16. The molecular weight excluding hydrogens is 294 g/mol. The normalized spacial score (nSPS) is 11.7. The topological polar surface area (TPSA) is 92.2 Å². The van der Waals surface area contributed by atoms with E-state index in [2.05, 4.69) is 15.3 Å². The first kappa shape index (κ1) is 16.6. The van der Waals surface area contributed by atoms with Crippen molar-refractivity contribution >= 4 is 11.9 Å². The molecule has 1 amide bonds. The van der Waals surface area contributed by atoms with Crippen molar-refractivity contribution in [1.82, 2.24) is 15.3 Å². The lowest BCUT2D eigenvalue weighted by Gasteiger charge is -2.18. The fourth-order valence-corrected chi connectivity index (χ4v) is 2.30. The molecule has 23 heavy (non-hydrogen) atoms. The molecule has 0 bridgehead atoms. The zero-order chi connectivity index (χ0) is 16.7. The van der Waals surface area contributed by atoms with Crippen LogP contribution >= 0.6 is 0 Å². The maximum absolute atomic E-state index is 12.4. The van der Waals surface area contributed by atoms with Crippen LogP contribution in [-0.2, 0) is 11.2 Å². The molecule has 6 nitrogen and oxygen atoms in total. The second-order valence-corrected chi connectivity index (χ2v) is 5.31. The number of carboxylic acids is 1. The van der Waals surface area contributed by atoms with Gasteiger partial charge in [0.25, 0.3) is 5.91 Å². The van der Waals surface area contributed by atoms with Gasteiger partial charge in [0.2, 0.25) is 0 Å². The number of benzene rings is 1. The van der Waals surface area contributed by atoms with Gasteiger partial charge >= 0.3 is 5.97 Å². The molecule has 0 aliphatic carbocycles. The number of nitrogens with one attached hydrogen (secondary N) is 1. The summed E-state index contributed by atoms with van der Waals surface area (Å²) in [7, 11) is 0. The molecule has 1 aromatic heterocycles. The Morgan fingerprint density at radius 3 is 2.65 bits per heavy atom. The SMILES string of the molecule is Cc1ncncc1C(=O)NC(CCC(=O)O)Cc1ccccc1. The van der Waals surface area contributed by atoms with E-state index in [0.717, 1.165) is 5.56 Å². The fourth-order valence-electron chi connectivity index (χ4n) is 2.30. The van der Waals surface area contributed by atoms with E-state index < -0.39 is 5.97 Å². The highest BCUT2D eigenvalue weighted by molar-refractivity contribution is 5.95. The molecule has 0 aliphatic rings. The van der Waals surface area contributed by atoms with Gasteiger partial charge in [0, 0.05) is 18.7 Å². The summed E-state index contributed by atoms with van der Waals surface area (Å²) in [4.78, 5) is 31.1. The average Bonchev–Trinajstić information content (AvgIpc) is 2.54. The number of nitrogens with zero attached hydrogens (tertiary/aromatic N) is 2. The van der Waals surface area contributed by atoms with Crippen LogP contribution in [0.1, 0.15) is 34.5 Å². The number of aliphatic carboxylic acids is 1. The summed E-state index contributed by atoms with van der Waals surface area (Å²) >= 11 is 0. The summed E-state index contributed by atoms with van der Waals surface area (Å²) in [5, 5.41) is 11.8. The second kappa shape index (κ2) is 8.03. The molecule has 2 rings (SSSR count). The number of amides is 1. The van der Waals surface area contributed by atoms with Gasteiger partial charge < -0.3 is 10.4 Å². The number of aromatic nitrogens is 2. The van der Waals surface area contributed by atoms with Crippen molar-refractivity contribution in [3.8, 4) is 0 Å². The zero-order valence-electron chi connectivity index (χ0n) is 12.9. The van der Waals surface area contributed by atoms with E-state index in [9.17, 15) is 9.59 Å². The van der Waals surface area contributed by atoms with E-state index in [1.807, 2.05) is 30.3 Å². The molecule has 1 aromatic carbocycles. The minimum atomic E-state index is -0.878. The molecule has 6 heteroatoms. The molecule has 120 valence electrons. The van der Waals surface area contributed by atoms with Crippen molar-refractivity contribution in [2.75, 3.05) is 0 Å². The monoisotopic (exact) mass is 313 g/mol. The lowest BCUT2D eigenvalue weighted by molar-refractivity contribution is -0.137. The maximum Gasteiger partial charge on any atom is 0.303 e. The van der Waals surface area contributed by atoms with Crippen molar-refractivity contribution in [2.45, 2.75) is 32.2 Å². The van der Waals surface area contributed by atoms with Gasteiger partial charge in [0.05, 0.1) is 11.3 Å².